The van der Waals surface area contributed by atoms with Crippen LogP contribution in [0.1, 0.15) is 42.3 Å². The number of hydrogen-bond donors (Lipinski definition) is 2. The minimum Gasteiger partial charge on any atom is -0.508 e. The summed E-state index contributed by atoms with van der Waals surface area (Å²) in [7, 11) is 0. The van der Waals surface area contributed by atoms with Gasteiger partial charge in [-0.15, -0.1) is 0 Å². The zero-order valence-electron chi connectivity index (χ0n) is 14.5. The Labute approximate surface area is 160 Å². The van der Waals surface area contributed by atoms with Crippen molar-refractivity contribution in [2.75, 3.05) is 5.32 Å². The van der Waals surface area contributed by atoms with Crippen molar-refractivity contribution in [3.63, 3.8) is 0 Å². The number of aromatic hydroxyl groups is 1. The smallest absolute Gasteiger partial charge is 0.446 e. The van der Waals surface area contributed by atoms with Crippen molar-refractivity contribution >= 4 is 17.4 Å². The fraction of sp³-hybridized carbons (Fsp3) is 0.429. The quantitative estimate of drug-likeness (QED) is 0.589. The molecule has 2 aromatic rings. The van der Waals surface area contributed by atoms with Gasteiger partial charge in [0.05, 0.1) is 6.04 Å². The number of anilines is 1. The van der Waals surface area contributed by atoms with Crippen molar-refractivity contribution in [1.82, 2.24) is 0 Å². The second-order valence-electron chi connectivity index (χ2n) is 7.95. The lowest BCUT2D eigenvalue weighted by Gasteiger charge is -2.43. The monoisotopic (exact) mass is 391 g/mol. The second kappa shape index (κ2) is 6.09. The van der Waals surface area contributed by atoms with Crippen LogP contribution in [0.5, 0.6) is 5.75 Å². The Morgan fingerprint density at radius 1 is 1.04 bits per heavy atom. The van der Waals surface area contributed by atoms with Gasteiger partial charge < -0.3 is 10.4 Å². The molecular weight excluding hydrogens is 371 g/mol. The molecule has 2 aromatic carbocycles. The van der Waals surface area contributed by atoms with E-state index in [4.69, 9.17) is 0 Å². The standard InChI is InChI=1S/C21H20F3NOS/c22-21(23,24)27-15-6-7-17-16(10-15)18-11-4-5-12(8-11)19(18)20(25-17)13-2-1-3-14(26)9-13/h1-3,6-7,9-12,18-20,25-26H,4-5,8H2/t11-,12+,18-,19-,20+/m1/s1. The SMILES string of the molecule is Oc1cccc([C@@H]2Nc3ccc(SC(F)(F)F)cc3[C@H]3[C@@H]4CC[C@@H](C4)[C@H]32)c1. The molecule has 2 saturated carbocycles. The number of halogens is 3. The Kier molecular flexibility index (Phi) is 3.90. The summed E-state index contributed by atoms with van der Waals surface area (Å²) < 4.78 is 38.5. The summed E-state index contributed by atoms with van der Waals surface area (Å²) in [5, 5.41) is 13.5. The third-order valence-electron chi connectivity index (χ3n) is 6.52. The Hall–Kier alpha value is -1.82. The summed E-state index contributed by atoms with van der Waals surface area (Å²) in [5.41, 5.74) is -1.24. The van der Waals surface area contributed by atoms with Gasteiger partial charge in [-0.1, -0.05) is 12.1 Å². The summed E-state index contributed by atoms with van der Waals surface area (Å²) in [4.78, 5) is 0.264. The van der Waals surface area contributed by atoms with E-state index in [2.05, 4.69) is 5.32 Å². The molecule has 0 unspecified atom stereocenters. The van der Waals surface area contributed by atoms with Crippen LogP contribution in [0.2, 0.25) is 0 Å². The highest BCUT2D eigenvalue weighted by molar-refractivity contribution is 8.00. The molecule has 5 atom stereocenters. The number of phenols is 1. The molecule has 2 fully saturated rings. The highest BCUT2D eigenvalue weighted by atomic mass is 32.2. The Bertz CT molecular complexity index is 884. The maximum Gasteiger partial charge on any atom is 0.446 e. The number of benzene rings is 2. The first-order valence-electron chi connectivity index (χ1n) is 9.34. The van der Waals surface area contributed by atoms with Gasteiger partial charge in [-0.25, -0.2) is 0 Å². The predicted octanol–water partition coefficient (Wildman–Crippen LogP) is 6.30. The molecular formula is C21H20F3NOS. The van der Waals surface area contributed by atoms with Crippen LogP contribution >= 0.6 is 11.8 Å². The van der Waals surface area contributed by atoms with Gasteiger partial charge in [-0.3, -0.25) is 0 Å². The Morgan fingerprint density at radius 2 is 1.85 bits per heavy atom. The molecule has 2 N–H and O–H groups in total. The van der Waals surface area contributed by atoms with Crippen molar-refractivity contribution in [2.45, 2.75) is 41.6 Å². The number of hydrogen-bond acceptors (Lipinski definition) is 3. The van der Waals surface area contributed by atoms with E-state index in [1.165, 1.54) is 6.42 Å². The number of nitrogens with one attached hydrogen (secondary N) is 1. The molecule has 0 amide bonds. The van der Waals surface area contributed by atoms with Crippen LogP contribution in [-0.4, -0.2) is 10.6 Å². The molecule has 27 heavy (non-hydrogen) atoms. The zero-order chi connectivity index (χ0) is 18.8. The minimum atomic E-state index is -4.27. The summed E-state index contributed by atoms with van der Waals surface area (Å²) >= 11 is -0.0339. The second-order valence-corrected chi connectivity index (χ2v) is 9.09. The van der Waals surface area contributed by atoms with Crippen molar-refractivity contribution in [3.8, 4) is 5.75 Å². The topological polar surface area (TPSA) is 32.3 Å². The van der Waals surface area contributed by atoms with Gasteiger partial charge in [-0.05, 0) is 96.2 Å². The molecule has 2 aliphatic carbocycles. The number of thioether (sulfide) groups is 1. The van der Waals surface area contributed by atoms with E-state index in [1.807, 2.05) is 12.1 Å². The van der Waals surface area contributed by atoms with Crippen molar-refractivity contribution in [2.24, 2.45) is 17.8 Å². The zero-order valence-corrected chi connectivity index (χ0v) is 15.4. The van der Waals surface area contributed by atoms with Crippen LogP contribution in [0.4, 0.5) is 18.9 Å². The van der Waals surface area contributed by atoms with E-state index in [9.17, 15) is 18.3 Å². The molecule has 3 aliphatic rings. The fourth-order valence-electron chi connectivity index (χ4n) is 5.71. The molecule has 1 heterocycles. The largest absolute Gasteiger partial charge is 0.508 e. The summed E-state index contributed by atoms with van der Waals surface area (Å²) in [6.45, 7) is 0. The van der Waals surface area contributed by atoms with Crippen LogP contribution in [0.3, 0.4) is 0 Å². The molecule has 5 rings (SSSR count). The normalized spacial score (nSPS) is 31.3. The van der Waals surface area contributed by atoms with Crippen molar-refractivity contribution < 1.29 is 18.3 Å². The molecule has 2 nitrogen and oxygen atoms in total. The molecule has 142 valence electrons. The number of rotatable bonds is 2. The number of phenolic OH excluding ortho intramolecular Hbond substituents is 1. The molecule has 0 aromatic heterocycles. The predicted molar refractivity (Wildman–Crippen MR) is 99.9 cm³/mol. The van der Waals surface area contributed by atoms with Gasteiger partial charge >= 0.3 is 5.51 Å². The molecule has 0 radical (unpaired) electrons. The van der Waals surface area contributed by atoms with E-state index in [0.717, 1.165) is 29.7 Å². The lowest BCUT2D eigenvalue weighted by molar-refractivity contribution is -0.0328. The number of alkyl halides is 3. The maximum absolute atomic E-state index is 12.8. The van der Waals surface area contributed by atoms with Gasteiger partial charge in [0.2, 0.25) is 0 Å². The maximum atomic E-state index is 12.8. The summed E-state index contributed by atoms with van der Waals surface area (Å²) in [6, 6.07) is 12.5. The minimum absolute atomic E-state index is 0.0339. The Balaban J connectivity index is 1.57. The average molecular weight is 391 g/mol. The summed E-state index contributed by atoms with van der Waals surface area (Å²) in [5.74, 6) is 2.04. The number of fused-ring (bicyclic) bond motifs is 7. The fourth-order valence-corrected chi connectivity index (χ4v) is 6.30. The molecule has 1 aliphatic heterocycles. The first-order chi connectivity index (χ1) is 12.9. The van der Waals surface area contributed by atoms with E-state index < -0.39 is 5.51 Å². The van der Waals surface area contributed by atoms with E-state index in [1.54, 1.807) is 30.3 Å². The van der Waals surface area contributed by atoms with Gasteiger partial charge in [0, 0.05) is 10.6 Å². The third-order valence-corrected chi connectivity index (χ3v) is 7.24. The molecule has 0 saturated heterocycles. The molecule has 6 heteroatoms. The highest BCUT2D eigenvalue weighted by Crippen LogP contribution is 2.64. The Morgan fingerprint density at radius 3 is 2.63 bits per heavy atom. The lowest BCUT2D eigenvalue weighted by atomic mass is 9.68. The van der Waals surface area contributed by atoms with Crippen LogP contribution in [0.15, 0.2) is 47.4 Å². The first kappa shape index (κ1) is 17.3. The lowest BCUT2D eigenvalue weighted by Crippen LogP contribution is -2.35. The van der Waals surface area contributed by atoms with Crippen LogP contribution in [0.25, 0.3) is 0 Å². The van der Waals surface area contributed by atoms with E-state index in [-0.39, 0.29) is 28.4 Å². The summed E-state index contributed by atoms with van der Waals surface area (Å²) in [6.07, 6.45) is 3.51. The van der Waals surface area contributed by atoms with E-state index in [0.29, 0.717) is 23.7 Å². The van der Waals surface area contributed by atoms with Crippen molar-refractivity contribution in [3.05, 3.63) is 53.6 Å². The van der Waals surface area contributed by atoms with Gasteiger partial charge in [0.1, 0.15) is 5.75 Å². The molecule has 2 bridgehead atoms. The van der Waals surface area contributed by atoms with Gasteiger partial charge in [-0.2, -0.15) is 13.2 Å². The van der Waals surface area contributed by atoms with Gasteiger partial charge in [0.15, 0.2) is 0 Å². The van der Waals surface area contributed by atoms with Crippen LogP contribution in [-0.2, 0) is 0 Å². The highest BCUT2D eigenvalue weighted by Gasteiger charge is 2.53. The van der Waals surface area contributed by atoms with Crippen molar-refractivity contribution in [1.29, 1.82) is 0 Å². The first-order valence-corrected chi connectivity index (χ1v) is 10.2. The van der Waals surface area contributed by atoms with E-state index >= 15 is 0 Å². The van der Waals surface area contributed by atoms with Gasteiger partial charge in [0.25, 0.3) is 0 Å². The van der Waals surface area contributed by atoms with Crippen LogP contribution < -0.4 is 5.32 Å². The average Bonchev–Trinajstić information content (AvgIpc) is 3.22. The third kappa shape index (κ3) is 2.98. The molecule has 0 spiro atoms. The van der Waals surface area contributed by atoms with Crippen LogP contribution in [0, 0.1) is 17.8 Å².